The molecule has 0 saturated heterocycles. The smallest absolute Gasteiger partial charge is 0.408 e. The zero-order valence-electron chi connectivity index (χ0n) is 16.4. The predicted molar refractivity (Wildman–Crippen MR) is 115 cm³/mol. The van der Waals surface area contributed by atoms with Crippen LogP contribution in [0.5, 0.6) is 0 Å². The standard InChI is InChI=1S/C19H17FN6O4S/c1-26-15-8-7-11(9-16(15)30-19(26)27)22-17-12(20)10-21-18(24-17)23-13-5-3-4-6-14(13)25-31(2,28)29/h3-10,25H,1-2H3,(H2,21,22,23,24). The van der Waals surface area contributed by atoms with Gasteiger partial charge in [0.05, 0.1) is 29.3 Å². The van der Waals surface area contributed by atoms with Crippen LogP contribution in [0.4, 0.5) is 33.2 Å². The normalized spacial score (nSPS) is 11.5. The van der Waals surface area contributed by atoms with Gasteiger partial charge in [0.1, 0.15) is 0 Å². The number of hydrogen-bond acceptors (Lipinski definition) is 8. The molecule has 2 aromatic carbocycles. The number of hydrogen-bond donors (Lipinski definition) is 3. The first-order chi connectivity index (χ1) is 14.7. The van der Waals surface area contributed by atoms with Crippen molar-refractivity contribution in [1.29, 1.82) is 0 Å². The summed E-state index contributed by atoms with van der Waals surface area (Å²) >= 11 is 0. The van der Waals surface area contributed by atoms with Gasteiger partial charge in [-0.3, -0.25) is 9.29 Å². The van der Waals surface area contributed by atoms with Crippen LogP contribution < -0.4 is 21.1 Å². The first kappa shape index (κ1) is 20.3. The van der Waals surface area contributed by atoms with E-state index in [0.29, 0.717) is 22.5 Å². The quantitative estimate of drug-likeness (QED) is 0.414. The van der Waals surface area contributed by atoms with E-state index in [-0.39, 0.29) is 17.5 Å². The number of fused-ring (bicyclic) bond motifs is 1. The Balaban J connectivity index is 1.62. The summed E-state index contributed by atoms with van der Waals surface area (Å²) < 4.78 is 46.3. The lowest BCUT2D eigenvalue weighted by atomic mass is 10.3. The lowest BCUT2D eigenvalue weighted by molar-refractivity contribution is 0.528. The molecule has 0 aliphatic carbocycles. The number of oxazole rings is 1. The molecule has 0 unspecified atom stereocenters. The summed E-state index contributed by atoms with van der Waals surface area (Å²) in [6.07, 6.45) is 2.01. The van der Waals surface area contributed by atoms with Gasteiger partial charge in [0, 0.05) is 18.8 Å². The molecule has 2 heterocycles. The van der Waals surface area contributed by atoms with Gasteiger partial charge in [0.15, 0.2) is 17.2 Å². The van der Waals surface area contributed by atoms with E-state index >= 15 is 0 Å². The number of nitrogens with one attached hydrogen (secondary N) is 3. The molecule has 0 spiro atoms. The maximum atomic E-state index is 14.3. The number of benzene rings is 2. The summed E-state index contributed by atoms with van der Waals surface area (Å²) in [5.74, 6) is -1.29. The Morgan fingerprint density at radius 2 is 1.84 bits per heavy atom. The molecule has 12 heteroatoms. The van der Waals surface area contributed by atoms with Gasteiger partial charge < -0.3 is 15.1 Å². The van der Waals surface area contributed by atoms with Gasteiger partial charge in [-0.2, -0.15) is 4.98 Å². The number of anilines is 5. The molecule has 31 heavy (non-hydrogen) atoms. The molecular formula is C19H17FN6O4S. The van der Waals surface area contributed by atoms with Crippen LogP contribution in [0, 0.1) is 5.82 Å². The highest BCUT2D eigenvalue weighted by Crippen LogP contribution is 2.27. The highest BCUT2D eigenvalue weighted by molar-refractivity contribution is 7.92. The number of para-hydroxylation sites is 2. The van der Waals surface area contributed by atoms with Gasteiger partial charge >= 0.3 is 5.76 Å². The SMILES string of the molecule is Cn1c(=O)oc2cc(Nc3nc(Nc4ccccc4NS(C)(=O)=O)ncc3F)ccc21. The molecule has 0 aliphatic rings. The minimum atomic E-state index is -3.50. The van der Waals surface area contributed by atoms with E-state index in [4.69, 9.17) is 4.42 Å². The fourth-order valence-electron chi connectivity index (χ4n) is 2.86. The molecule has 3 N–H and O–H groups in total. The maximum absolute atomic E-state index is 14.3. The van der Waals surface area contributed by atoms with Crippen molar-refractivity contribution in [2.75, 3.05) is 21.6 Å². The number of sulfonamides is 1. The number of halogens is 1. The topological polar surface area (TPSA) is 131 Å². The number of aryl methyl sites for hydroxylation is 1. The molecule has 160 valence electrons. The van der Waals surface area contributed by atoms with Crippen LogP contribution in [0.3, 0.4) is 0 Å². The van der Waals surface area contributed by atoms with E-state index in [1.807, 2.05) is 0 Å². The molecule has 2 aromatic heterocycles. The summed E-state index contributed by atoms with van der Waals surface area (Å²) in [7, 11) is -1.92. The number of nitrogens with zero attached hydrogens (tertiary/aromatic N) is 3. The largest absolute Gasteiger partial charge is 0.419 e. The minimum Gasteiger partial charge on any atom is -0.408 e. The second-order valence-electron chi connectivity index (χ2n) is 6.67. The third-order valence-electron chi connectivity index (χ3n) is 4.27. The highest BCUT2D eigenvalue weighted by atomic mass is 32.2. The van der Waals surface area contributed by atoms with Crippen LogP contribution in [-0.4, -0.2) is 29.2 Å². The number of rotatable bonds is 6. The second kappa shape index (κ2) is 7.72. The van der Waals surface area contributed by atoms with Gasteiger partial charge in [-0.1, -0.05) is 12.1 Å². The van der Waals surface area contributed by atoms with Gasteiger partial charge in [-0.25, -0.2) is 22.6 Å². The van der Waals surface area contributed by atoms with Crippen molar-refractivity contribution in [2.24, 2.45) is 7.05 Å². The Hall–Kier alpha value is -3.93. The third-order valence-corrected chi connectivity index (χ3v) is 4.86. The van der Waals surface area contributed by atoms with E-state index in [9.17, 15) is 17.6 Å². The lowest BCUT2D eigenvalue weighted by Gasteiger charge is -2.13. The van der Waals surface area contributed by atoms with Gasteiger partial charge in [-0.15, -0.1) is 0 Å². The second-order valence-corrected chi connectivity index (χ2v) is 8.42. The number of aromatic nitrogens is 3. The molecule has 0 aliphatic heterocycles. The van der Waals surface area contributed by atoms with Crippen molar-refractivity contribution in [3.05, 3.63) is 65.0 Å². The van der Waals surface area contributed by atoms with Gasteiger partial charge in [0.2, 0.25) is 16.0 Å². The molecule has 4 aromatic rings. The molecule has 0 fully saturated rings. The predicted octanol–water partition coefficient (Wildman–Crippen LogP) is 2.92. The average Bonchev–Trinajstić information content (AvgIpc) is 2.98. The first-order valence-electron chi connectivity index (χ1n) is 8.92. The van der Waals surface area contributed by atoms with Gasteiger partial charge in [-0.05, 0) is 24.3 Å². The Kier molecular flexibility index (Phi) is 5.07. The van der Waals surface area contributed by atoms with Crippen molar-refractivity contribution >= 4 is 50.0 Å². The van der Waals surface area contributed by atoms with Crippen LogP contribution in [0.1, 0.15) is 0 Å². The molecule has 0 atom stereocenters. The van der Waals surface area contributed by atoms with E-state index in [0.717, 1.165) is 12.5 Å². The monoisotopic (exact) mass is 444 g/mol. The van der Waals surface area contributed by atoms with E-state index in [1.165, 1.54) is 4.57 Å². The molecule has 4 rings (SSSR count). The summed E-state index contributed by atoms with van der Waals surface area (Å²) in [5, 5.41) is 5.69. The molecule has 0 bridgehead atoms. The van der Waals surface area contributed by atoms with Crippen LogP contribution in [0.15, 0.2) is 57.9 Å². The summed E-state index contributed by atoms with van der Waals surface area (Å²) in [6.45, 7) is 0. The third kappa shape index (κ3) is 4.48. The van der Waals surface area contributed by atoms with Crippen LogP contribution in [0.2, 0.25) is 0 Å². The van der Waals surface area contributed by atoms with Crippen molar-refractivity contribution in [2.45, 2.75) is 0 Å². The zero-order chi connectivity index (χ0) is 22.2. The molecule has 10 nitrogen and oxygen atoms in total. The van der Waals surface area contributed by atoms with Crippen LogP contribution in [0.25, 0.3) is 11.1 Å². The molecule has 0 saturated carbocycles. The zero-order valence-corrected chi connectivity index (χ0v) is 17.2. The van der Waals surface area contributed by atoms with Crippen molar-refractivity contribution in [1.82, 2.24) is 14.5 Å². The van der Waals surface area contributed by atoms with Crippen LogP contribution >= 0.6 is 0 Å². The molecule has 0 amide bonds. The fraction of sp³-hybridized carbons (Fsp3) is 0.105. The first-order valence-corrected chi connectivity index (χ1v) is 10.8. The Labute approximate surface area is 175 Å². The molecule has 0 radical (unpaired) electrons. The lowest BCUT2D eigenvalue weighted by Crippen LogP contribution is -2.11. The summed E-state index contributed by atoms with van der Waals surface area (Å²) in [5.41, 5.74) is 2.06. The van der Waals surface area contributed by atoms with Crippen molar-refractivity contribution in [3.63, 3.8) is 0 Å². The Morgan fingerprint density at radius 1 is 1.10 bits per heavy atom. The van der Waals surface area contributed by atoms with Crippen molar-refractivity contribution < 1.29 is 17.2 Å². The summed E-state index contributed by atoms with van der Waals surface area (Å²) in [6, 6.07) is 11.4. The van der Waals surface area contributed by atoms with E-state index in [1.54, 1.807) is 49.5 Å². The van der Waals surface area contributed by atoms with E-state index < -0.39 is 21.6 Å². The summed E-state index contributed by atoms with van der Waals surface area (Å²) in [4.78, 5) is 19.7. The Morgan fingerprint density at radius 3 is 2.58 bits per heavy atom. The van der Waals surface area contributed by atoms with Crippen LogP contribution in [-0.2, 0) is 17.1 Å². The molecular weight excluding hydrogens is 427 g/mol. The minimum absolute atomic E-state index is 0.0407. The highest BCUT2D eigenvalue weighted by Gasteiger charge is 2.12. The Bertz CT molecular complexity index is 1450. The van der Waals surface area contributed by atoms with Crippen molar-refractivity contribution in [3.8, 4) is 0 Å². The van der Waals surface area contributed by atoms with Gasteiger partial charge in [0.25, 0.3) is 0 Å². The van der Waals surface area contributed by atoms with E-state index in [2.05, 4.69) is 25.3 Å². The average molecular weight is 444 g/mol. The fourth-order valence-corrected chi connectivity index (χ4v) is 3.44. The maximum Gasteiger partial charge on any atom is 0.419 e.